The zero-order chi connectivity index (χ0) is 31.6. The van der Waals surface area contributed by atoms with E-state index in [0.717, 1.165) is 77.1 Å². The highest BCUT2D eigenvalue weighted by Gasteiger charge is 2.13. The molecule has 0 saturated carbocycles. The summed E-state index contributed by atoms with van der Waals surface area (Å²) >= 11 is 0. The smallest absolute Gasteiger partial charge is 0.0780 e. The van der Waals surface area contributed by atoms with Gasteiger partial charge in [-0.2, -0.15) is 0 Å². The molecule has 3 aromatic heterocycles. The maximum Gasteiger partial charge on any atom is 0.0780 e. The van der Waals surface area contributed by atoms with Gasteiger partial charge in [0, 0.05) is 38.9 Å². The lowest BCUT2D eigenvalue weighted by atomic mass is 9.95. The van der Waals surface area contributed by atoms with Gasteiger partial charge in [0.15, 0.2) is 0 Å². The van der Waals surface area contributed by atoms with Gasteiger partial charge in [-0.3, -0.25) is 4.98 Å². The number of benzene rings is 7. The van der Waals surface area contributed by atoms with E-state index >= 15 is 0 Å². The van der Waals surface area contributed by atoms with Crippen LogP contribution in [-0.2, 0) is 0 Å². The fourth-order valence-corrected chi connectivity index (χ4v) is 7.30. The number of pyridine rings is 3. The second-order valence-electron chi connectivity index (χ2n) is 12.4. The molecule has 0 radical (unpaired) electrons. The summed E-state index contributed by atoms with van der Waals surface area (Å²) < 4.78 is 0. The third kappa shape index (κ3) is 4.25. The van der Waals surface area contributed by atoms with Crippen molar-refractivity contribution in [2.75, 3.05) is 0 Å². The molecule has 0 aliphatic heterocycles. The Balaban J connectivity index is 1.06. The summed E-state index contributed by atoms with van der Waals surface area (Å²) in [4.78, 5) is 15.1. The number of fused-ring (bicyclic) bond motifs is 8. The van der Waals surface area contributed by atoms with Crippen molar-refractivity contribution >= 4 is 65.0 Å². The lowest BCUT2D eigenvalue weighted by Gasteiger charge is -2.12. The zero-order valence-electron chi connectivity index (χ0n) is 25.9. The summed E-state index contributed by atoms with van der Waals surface area (Å²) in [6, 6.07) is 56.0. The van der Waals surface area contributed by atoms with Crippen LogP contribution < -0.4 is 0 Å². The zero-order valence-corrected chi connectivity index (χ0v) is 25.9. The van der Waals surface area contributed by atoms with Crippen molar-refractivity contribution in [1.29, 1.82) is 0 Å². The second-order valence-corrected chi connectivity index (χ2v) is 12.4. The van der Waals surface area contributed by atoms with Crippen molar-refractivity contribution in [2.24, 2.45) is 0 Å². The van der Waals surface area contributed by atoms with E-state index in [4.69, 9.17) is 9.97 Å². The number of nitrogens with zero attached hydrogens (tertiary/aromatic N) is 3. The Morgan fingerprint density at radius 3 is 1.75 bits per heavy atom. The first-order valence-corrected chi connectivity index (χ1v) is 16.3. The summed E-state index contributed by atoms with van der Waals surface area (Å²) in [7, 11) is 0. The molecule has 3 heterocycles. The Morgan fingerprint density at radius 1 is 0.333 bits per heavy atom. The molecule has 10 aromatic rings. The van der Waals surface area contributed by atoms with Gasteiger partial charge in [-0.1, -0.05) is 109 Å². The van der Waals surface area contributed by atoms with Gasteiger partial charge < -0.3 is 0 Å². The Hall–Kier alpha value is -6.45. The molecule has 0 amide bonds. The van der Waals surface area contributed by atoms with Crippen molar-refractivity contribution in [1.82, 2.24) is 15.0 Å². The highest BCUT2D eigenvalue weighted by molar-refractivity contribution is 6.14. The Labute approximate surface area is 276 Å². The third-order valence-electron chi connectivity index (χ3n) is 9.65. The highest BCUT2D eigenvalue weighted by Crippen LogP contribution is 2.37. The van der Waals surface area contributed by atoms with Crippen LogP contribution in [0.2, 0.25) is 0 Å². The minimum atomic E-state index is 0.957. The molecule has 0 saturated heterocycles. The average Bonchev–Trinajstić information content (AvgIpc) is 3.16. The monoisotopic (exact) mass is 609 g/mol. The van der Waals surface area contributed by atoms with E-state index in [1.54, 1.807) is 0 Å². The van der Waals surface area contributed by atoms with E-state index in [9.17, 15) is 0 Å². The van der Waals surface area contributed by atoms with Crippen molar-refractivity contribution < 1.29 is 0 Å². The molecule has 222 valence electrons. The normalized spacial score (nSPS) is 11.8. The fourth-order valence-electron chi connectivity index (χ4n) is 7.30. The summed E-state index contributed by atoms with van der Waals surface area (Å²) in [6.07, 6.45) is 1.86. The van der Waals surface area contributed by atoms with E-state index in [2.05, 4.69) is 157 Å². The minimum absolute atomic E-state index is 0.957. The molecule has 48 heavy (non-hydrogen) atoms. The van der Waals surface area contributed by atoms with E-state index < -0.39 is 0 Å². The standard InChI is InChI=1S/C45H27N3/c1-2-10-34-31(8-1)25-39(36-12-4-3-11-35(34)36)42-22-19-32-24-29(18-20-41(32)47-42)30-16-15-28-17-21-43(48-44(28)27-30)40-26-33-9-7-23-46-45(33)38-14-6-5-13-37(38)40/h1-27H. The number of hydrogen-bond donors (Lipinski definition) is 0. The van der Waals surface area contributed by atoms with Crippen LogP contribution in [0.1, 0.15) is 0 Å². The van der Waals surface area contributed by atoms with Crippen LogP contribution in [0.15, 0.2) is 164 Å². The van der Waals surface area contributed by atoms with Crippen molar-refractivity contribution in [2.45, 2.75) is 0 Å². The molecule has 0 spiro atoms. The van der Waals surface area contributed by atoms with Crippen molar-refractivity contribution in [3.05, 3.63) is 164 Å². The van der Waals surface area contributed by atoms with Crippen LogP contribution in [0.3, 0.4) is 0 Å². The molecule has 0 atom stereocenters. The summed E-state index contributed by atoms with van der Waals surface area (Å²) in [5, 5.41) is 10.6. The molecular formula is C45H27N3. The van der Waals surface area contributed by atoms with Gasteiger partial charge in [0.05, 0.1) is 27.9 Å². The first-order chi connectivity index (χ1) is 23.8. The molecule has 0 aliphatic rings. The molecule has 3 nitrogen and oxygen atoms in total. The Kier molecular flexibility index (Phi) is 5.87. The number of rotatable bonds is 3. The van der Waals surface area contributed by atoms with Gasteiger partial charge in [0.1, 0.15) is 0 Å². The molecule has 7 aromatic carbocycles. The largest absolute Gasteiger partial charge is 0.256 e. The maximum atomic E-state index is 5.21. The topological polar surface area (TPSA) is 38.7 Å². The summed E-state index contributed by atoms with van der Waals surface area (Å²) in [5.74, 6) is 0. The maximum absolute atomic E-state index is 5.21. The molecule has 0 aliphatic carbocycles. The van der Waals surface area contributed by atoms with Gasteiger partial charge in [-0.25, -0.2) is 9.97 Å². The van der Waals surface area contributed by atoms with Gasteiger partial charge in [-0.15, -0.1) is 0 Å². The summed E-state index contributed by atoms with van der Waals surface area (Å²) in [6.45, 7) is 0. The lowest BCUT2D eigenvalue weighted by Crippen LogP contribution is -1.91. The van der Waals surface area contributed by atoms with Gasteiger partial charge in [0.2, 0.25) is 0 Å². The molecule has 0 unspecified atom stereocenters. The van der Waals surface area contributed by atoms with Crippen LogP contribution in [0.4, 0.5) is 0 Å². The second kappa shape index (κ2) is 10.5. The van der Waals surface area contributed by atoms with E-state index in [-0.39, 0.29) is 0 Å². The van der Waals surface area contributed by atoms with Crippen LogP contribution in [0, 0.1) is 0 Å². The fraction of sp³-hybridized carbons (Fsp3) is 0. The molecule has 3 heteroatoms. The van der Waals surface area contributed by atoms with E-state index in [0.29, 0.717) is 0 Å². The van der Waals surface area contributed by atoms with Gasteiger partial charge in [0.25, 0.3) is 0 Å². The predicted molar refractivity (Wildman–Crippen MR) is 201 cm³/mol. The van der Waals surface area contributed by atoms with E-state index in [1.807, 2.05) is 12.3 Å². The number of aromatic nitrogens is 3. The number of hydrogen-bond acceptors (Lipinski definition) is 3. The molecular weight excluding hydrogens is 583 g/mol. The van der Waals surface area contributed by atoms with Gasteiger partial charge >= 0.3 is 0 Å². The van der Waals surface area contributed by atoms with Crippen LogP contribution >= 0.6 is 0 Å². The average molecular weight is 610 g/mol. The molecule has 0 bridgehead atoms. The van der Waals surface area contributed by atoms with Crippen molar-refractivity contribution in [3.8, 4) is 33.6 Å². The highest BCUT2D eigenvalue weighted by atomic mass is 14.7. The predicted octanol–water partition coefficient (Wildman–Crippen LogP) is 11.8. The minimum Gasteiger partial charge on any atom is -0.256 e. The summed E-state index contributed by atoms with van der Waals surface area (Å²) in [5.41, 5.74) is 9.45. The third-order valence-corrected chi connectivity index (χ3v) is 9.65. The quantitative estimate of drug-likeness (QED) is 0.187. The molecule has 10 rings (SSSR count). The van der Waals surface area contributed by atoms with Crippen LogP contribution in [0.5, 0.6) is 0 Å². The Bertz CT molecular complexity index is 2910. The Morgan fingerprint density at radius 2 is 0.917 bits per heavy atom. The first-order valence-electron chi connectivity index (χ1n) is 16.3. The first kappa shape index (κ1) is 26.7. The SMILES string of the molecule is c1ccc2c(c1)cc(-c1ccc3cc(-c4ccc5ccc(-c6cc7cccnc7c7ccccc67)nc5c4)ccc3n1)c1ccccc12. The lowest BCUT2D eigenvalue weighted by molar-refractivity contribution is 1.40. The van der Waals surface area contributed by atoms with Crippen molar-refractivity contribution in [3.63, 3.8) is 0 Å². The van der Waals surface area contributed by atoms with E-state index in [1.165, 1.54) is 21.5 Å². The van der Waals surface area contributed by atoms with Crippen LogP contribution in [0.25, 0.3) is 98.7 Å². The molecule has 0 fully saturated rings. The van der Waals surface area contributed by atoms with Gasteiger partial charge in [-0.05, 0) is 86.6 Å². The molecule has 0 N–H and O–H groups in total. The van der Waals surface area contributed by atoms with Crippen LogP contribution in [-0.4, -0.2) is 15.0 Å².